The highest BCUT2D eigenvalue weighted by Gasteiger charge is 2.24. The van der Waals surface area contributed by atoms with Gasteiger partial charge in [-0.15, -0.1) is 0 Å². The van der Waals surface area contributed by atoms with E-state index in [4.69, 9.17) is 10.3 Å². The quantitative estimate of drug-likeness (QED) is 0.839. The zero-order valence-corrected chi connectivity index (χ0v) is 13.0. The van der Waals surface area contributed by atoms with E-state index in [2.05, 4.69) is 30.1 Å². The highest BCUT2D eigenvalue weighted by molar-refractivity contribution is 5.74. The standard InChI is InChI=1S/C17H23N3O/c1-10-4-6-13(7-5-10)16-19-17(21-20-16)14-9-11(2)8-12(3)15(14)18/h8-10,13H,4-7,18H2,1-3H3. The molecule has 0 spiro atoms. The van der Waals surface area contributed by atoms with Crippen LogP contribution >= 0.6 is 0 Å². The summed E-state index contributed by atoms with van der Waals surface area (Å²) < 4.78 is 5.48. The number of nitrogen functional groups attached to an aromatic ring is 1. The first-order valence-corrected chi connectivity index (χ1v) is 7.75. The van der Waals surface area contributed by atoms with Crippen molar-refractivity contribution in [3.05, 3.63) is 29.1 Å². The lowest BCUT2D eigenvalue weighted by Crippen LogP contribution is -2.11. The van der Waals surface area contributed by atoms with Crippen molar-refractivity contribution in [3.63, 3.8) is 0 Å². The van der Waals surface area contributed by atoms with Gasteiger partial charge >= 0.3 is 0 Å². The summed E-state index contributed by atoms with van der Waals surface area (Å²) >= 11 is 0. The zero-order valence-electron chi connectivity index (χ0n) is 13.0. The number of rotatable bonds is 2. The lowest BCUT2D eigenvalue weighted by Gasteiger charge is -2.23. The van der Waals surface area contributed by atoms with E-state index in [0.717, 1.165) is 47.0 Å². The third-order valence-corrected chi connectivity index (χ3v) is 4.58. The molecule has 1 aliphatic rings. The monoisotopic (exact) mass is 285 g/mol. The lowest BCUT2D eigenvalue weighted by atomic mass is 9.83. The first-order valence-electron chi connectivity index (χ1n) is 7.75. The van der Waals surface area contributed by atoms with Crippen LogP contribution in [0.25, 0.3) is 11.5 Å². The molecule has 2 N–H and O–H groups in total. The summed E-state index contributed by atoms with van der Waals surface area (Å²) in [6.45, 7) is 6.37. The average molecular weight is 285 g/mol. The molecular weight excluding hydrogens is 262 g/mol. The van der Waals surface area contributed by atoms with Crippen LogP contribution in [0.4, 0.5) is 5.69 Å². The fourth-order valence-corrected chi connectivity index (χ4v) is 3.18. The van der Waals surface area contributed by atoms with Crippen LogP contribution in [0, 0.1) is 19.8 Å². The molecule has 0 aliphatic heterocycles. The topological polar surface area (TPSA) is 64.9 Å². The maximum Gasteiger partial charge on any atom is 0.260 e. The summed E-state index contributed by atoms with van der Waals surface area (Å²) in [5.41, 5.74) is 9.96. The second kappa shape index (κ2) is 5.51. The summed E-state index contributed by atoms with van der Waals surface area (Å²) in [4.78, 5) is 4.61. The van der Waals surface area contributed by atoms with E-state index < -0.39 is 0 Å². The van der Waals surface area contributed by atoms with E-state index >= 15 is 0 Å². The fraction of sp³-hybridized carbons (Fsp3) is 0.529. The van der Waals surface area contributed by atoms with Crippen LogP contribution in [-0.4, -0.2) is 10.1 Å². The van der Waals surface area contributed by atoms with Crippen molar-refractivity contribution < 1.29 is 4.52 Å². The second-order valence-corrected chi connectivity index (χ2v) is 6.46. The van der Waals surface area contributed by atoms with Gasteiger partial charge in [-0.2, -0.15) is 4.98 Å². The first-order chi connectivity index (χ1) is 10.0. The summed E-state index contributed by atoms with van der Waals surface area (Å²) in [5.74, 6) is 2.65. The van der Waals surface area contributed by atoms with Crippen LogP contribution in [0.1, 0.15) is 55.5 Å². The Bertz CT molecular complexity index is 639. The summed E-state index contributed by atoms with van der Waals surface area (Å²) in [6, 6.07) is 4.08. The van der Waals surface area contributed by atoms with Gasteiger partial charge in [-0.05, 0) is 49.8 Å². The van der Waals surface area contributed by atoms with Crippen molar-refractivity contribution in [1.82, 2.24) is 10.1 Å². The number of hydrogen-bond acceptors (Lipinski definition) is 4. The molecule has 1 aromatic carbocycles. The van der Waals surface area contributed by atoms with E-state index in [1.165, 1.54) is 12.8 Å². The number of aromatic nitrogens is 2. The molecule has 112 valence electrons. The Morgan fingerprint density at radius 2 is 1.86 bits per heavy atom. The predicted molar refractivity (Wildman–Crippen MR) is 84.0 cm³/mol. The van der Waals surface area contributed by atoms with E-state index in [9.17, 15) is 0 Å². The molecule has 1 heterocycles. The molecule has 0 bridgehead atoms. The van der Waals surface area contributed by atoms with E-state index in [1.807, 2.05) is 13.0 Å². The van der Waals surface area contributed by atoms with Crippen LogP contribution in [0.2, 0.25) is 0 Å². The van der Waals surface area contributed by atoms with Crippen LogP contribution in [0.3, 0.4) is 0 Å². The maximum absolute atomic E-state index is 6.16. The molecule has 0 atom stereocenters. The van der Waals surface area contributed by atoms with Crippen LogP contribution in [-0.2, 0) is 0 Å². The van der Waals surface area contributed by atoms with Gasteiger partial charge < -0.3 is 10.3 Å². The molecule has 0 radical (unpaired) electrons. The highest BCUT2D eigenvalue weighted by Crippen LogP contribution is 2.36. The molecule has 1 fully saturated rings. The van der Waals surface area contributed by atoms with Gasteiger partial charge in [0, 0.05) is 11.6 Å². The normalized spacial score (nSPS) is 22.4. The molecule has 1 aromatic heterocycles. The first kappa shape index (κ1) is 14.1. The van der Waals surface area contributed by atoms with Gasteiger partial charge in [0.15, 0.2) is 5.82 Å². The molecule has 3 rings (SSSR count). The van der Waals surface area contributed by atoms with Crippen LogP contribution in [0.15, 0.2) is 16.7 Å². The number of hydrogen-bond donors (Lipinski definition) is 1. The lowest BCUT2D eigenvalue weighted by molar-refractivity contribution is 0.329. The SMILES string of the molecule is Cc1cc(C)c(N)c(-c2nc(C3CCC(C)CC3)no2)c1. The van der Waals surface area contributed by atoms with Gasteiger partial charge in [-0.1, -0.05) is 31.0 Å². The molecule has 21 heavy (non-hydrogen) atoms. The van der Waals surface area contributed by atoms with E-state index in [0.29, 0.717) is 11.8 Å². The Labute approximate surface area is 125 Å². The predicted octanol–water partition coefficient (Wildman–Crippen LogP) is 4.23. The van der Waals surface area contributed by atoms with Crippen molar-refractivity contribution >= 4 is 5.69 Å². The minimum absolute atomic E-state index is 0.436. The van der Waals surface area contributed by atoms with Crippen molar-refractivity contribution in [3.8, 4) is 11.5 Å². The van der Waals surface area contributed by atoms with Gasteiger partial charge in [0.1, 0.15) is 0 Å². The third-order valence-electron chi connectivity index (χ3n) is 4.58. The fourth-order valence-electron chi connectivity index (χ4n) is 3.18. The molecule has 4 nitrogen and oxygen atoms in total. The molecule has 0 saturated heterocycles. The maximum atomic E-state index is 6.16. The minimum Gasteiger partial charge on any atom is -0.398 e. The number of nitrogens with two attached hydrogens (primary N) is 1. The average Bonchev–Trinajstić information content (AvgIpc) is 2.93. The number of nitrogens with zero attached hydrogens (tertiary/aromatic N) is 2. The van der Waals surface area contributed by atoms with Crippen molar-refractivity contribution in [1.29, 1.82) is 0 Å². The number of anilines is 1. The highest BCUT2D eigenvalue weighted by atomic mass is 16.5. The number of benzene rings is 1. The molecule has 2 aromatic rings. The van der Waals surface area contributed by atoms with Crippen molar-refractivity contribution in [2.45, 2.75) is 52.4 Å². The molecule has 1 saturated carbocycles. The van der Waals surface area contributed by atoms with Gasteiger partial charge in [0.25, 0.3) is 5.89 Å². The second-order valence-electron chi connectivity index (χ2n) is 6.46. The Kier molecular flexibility index (Phi) is 3.70. The Balaban J connectivity index is 1.88. The molecule has 4 heteroatoms. The van der Waals surface area contributed by atoms with E-state index in [-0.39, 0.29) is 0 Å². The summed E-state index contributed by atoms with van der Waals surface area (Å²) in [7, 11) is 0. The number of aryl methyl sites for hydroxylation is 2. The van der Waals surface area contributed by atoms with Crippen molar-refractivity contribution in [2.24, 2.45) is 5.92 Å². The molecule has 0 unspecified atom stereocenters. The third kappa shape index (κ3) is 2.80. The summed E-state index contributed by atoms with van der Waals surface area (Å²) in [6.07, 6.45) is 4.81. The van der Waals surface area contributed by atoms with E-state index in [1.54, 1.807) is 0 Å². The van der Waals surface area contributed by atoms with Gasteiger partial charge in [0.05, 0.1) is 5.56 Å². The van der Waals surface area contributed by atoms with Crippen molar-refractivity contribution in [2.75, 3.05) is 5.73 Å². The zero-order chi connectivity index (χ0) is 15.0. The molecule has 0 amide bonds. The van der Waals surface area contributed by atoms with Crippen LogP contribution in [0.5, 0.6) is 0 Å². The van der Waals surface area contributed by atoms with Gasteiger partial charge in [-0.25, -0.2) is 0 Å². The molecule has 1 aliphatic carbocycles. The Morgan fingerprint density at radius 3 is 2.57 bits per heavy atom. The smallest absolute Gasteiger partial charge is 0.260 e. The summed E-state index contributed by atoms with van der Waals surface area (Å²) in [5, 5.41) is 4.20. The largest absolute Gasteiger partial charge is 0.398 e. The van der Waals surface area contributed by atoms with Gasteiger partial charge in [-0.3, -0.25) is 0 Å². The van der Waals surface area contributed by atoms with Gasteiger partial charge in [0.2, 0.25) is 0 Å². The minimum atomic E-state index is 0.436. The molecular formula is C17H23N3O. The van der Waals surface area contributed by atoms with Crippen LogP contribution < -0.4 is 5.73 Å². The Morgan fingerprint density at radius 1 is 1.14 bits per heavy atom. The Hall–Kier alpha value is -1.84.